The molecule has 0 spiro atoms. The third kappa shape index (κ3) is 1.40. The van der Waals surface area contributed by atoms with Crippen molar-refractivity contribution in [3.05, 3.63) is 33.7 Å². The van der Waals surface area contributed by atoms with E-state index in [9.17, 15) is 15.0 Å². The van der Waals surface area contributed by atoms with Crippen LogP contribution in [-0.4, -0.2) is 10.2 Å². The van der Waals surface area contributed by atoms with Gasteiger partial charge in [-0.25, -0.2) is 4.79 Å². The zero-order valence-electron chi connectivity index (χ0n) is 9.19. The van der Waals surface area contributed by atoms with Crippen molar-refractivity contribution in [2.45, 2.75) is 25.7 Å². The van der Waals surface area contributed by atoms with Gasteiger partial charge in [0.05, 0.1) is 0 Å². The molecule has 0 saturated heterocycles. The summed E-state index contributed by atoms with van der Waals surface area (Å²) in [7, 11) is 0. The number of hydrogen-bond donors (Lipinski definition) is 2. The van der Waals surface area contributed by atoms with E-state index in [4.69, 9.17) is 4.42 Å². The Hall–Kier alpha value is -1.97. The second kappa shape index (κ2) is 3.52. The molecule has 1 aromatic heterocycles. The lowest BCUT2D eigenvalue weighted by molar-refractivity contribution is 0.396. The number of phenols is 2. The molecule has 0 saturated carbocycles. The lowest BCUT2D eigenvalue weighted by Gasteiger charge is -2.16. The van der Waals surface area contributed by atoms with Crippen molar-refractivity contribution < 1.29 is 14.6 Å². The second-order valence-corrected chi connectivity index (χ2v) is 4.36. The average molecular weight is 232 g/mol. The molecule has 1 aromatic carbocycles. The number of aryl methyl sites for hydroxylation is 1. The van der Waals surface area contributed by atoms with Gasteiger partial charge in [0.15, 0.2) is 11.3 Å². The van der Waals surface area contributed by atoms with Crippen LogP contribution in [0.3, 0.4) is 0 Å². The molecular formula is C13H12O4. The Morgan fingerprint density at radius 2 is 1.76 bits per heavy atom. The zero-order chi connectivity index (χ0) is 12.0. The molecule has 1 heterocycles. The fraction of sp³-hybridized carbons (Fsp3) is 0.308. The minimum atomic E-state index is -0.395. The van der Waals surface area contributed by atoms with Crippen LogP contribution in [0.25, 0.3) is 11.0 Å². The monoisotopic (exact) mass is 232 g/mol. The highest BCUT2D eigenvalue weighted by Crippen LogP contribution is 2.36. The largest absolute Gasteiger partial charge is 0.504 e. The Bertz CT molecular complexity index is 654. The van der Waals surface area contributed by atoms with Crippen molar-refractivity contribution in [2.75, 3.05) is 0 Å². The summed E-state index contributed by atoms with van der Waals surface area (Å²) in [6, 6.07) is 3.12. The SMILES string of the molecule is O=c1oc2c(O)c(O)ccc2c2c1CCCC2. The van der Waals surface area contributed by atoms with Crippen molar-refractivity contribution in [1.29, 1.82) is 0 Å². The molecule has 0 unspecified atom stereocenters. The van der Waals surface area contributed by atoms with Gasteiger partial charge >= 0.3 is 5.63 Å². The predicted octanol–water partition coefficient (Wildman–Crippen LogP) is 2.08. The maximum absolute atomic E-state index is 11.8. The number of benzene rings is 1. The third-order valence-electron chi connectivity index (χ3n) is 3.34. The van der Waals surface area contributed by atoms with Crippen LogP contribution in [0, 0.1) is 0 Å². The molecule has 88 valence electrons. The summed E-state index contributed by atoms with van der Waals surface area (Å²) >= 11 is 0. The Balaban J connectivity index is 2.46. The van der Waals surface area contributed by atoms with Crippen LogP contribution in [0.1, 0.15) is 24.0 Å². The Morgan fingerprint density at radius 1 is 1.06 bits per heavy atom. The minimum absolute atomic E-state index is 0.0932. The fourth-order valence-corrected chi connectivity index (χ4v) is 2.48. The first-order valence-electron chi connectivity index (χ1n) is 5.68. The quantitative estimate of drug-likeness (QED) is 0.539. The highest BCUT2D eigenvalue weighted by Gasteiger charge is 2.20. The molecule has 0 amide bonds. The second-order valence-electron chi connectivity index (χ2n) is 4.36. The van der Waals surface area contributed by atoms with Crippen molar-refractivity contribution >= 4 is 11.0 Å². The minimum Gasteiger partial charge on any atom is -0.504 e. The Kier molecular flexibility index (Phi) is 2.11. The molecule has 3 rings (SSSR count). The molecule has 0 bridgehead atoms. The van der Waals surface area contributed by atoms with Gasteiger partial charge in [0, 0.05) is 10.9 Å². The van der Waals surface area contributed by atoms with Crippen LogP contribution < -0.4 is 5.63 Å². The summed E-state index contributed by atoms with van der Waals surface area (Å²) in [6.07, 6.45) is 3.58. The van der Waals surface area contributed by atoms with Crippen LogP contribution in [-0.2, 0) is 12.8 Å². The molecular weight excluding hydrogens is 220 g/mol. The Morgan fingerprint density at radius 3 is 2.53 bits per heavy atom. The van der Waals surface area contributed by atoms with Crippen molar-refractivity contribution in [1.82, 2.24) is 0 Å². The van der Waals surface area contributed by atoms with E-state index in [1.54, 1.807) is 6.07 Å². The van der Waals surface area contributed by atoms with Crippen LogP contribution in [0.15, 0.2) is 21.3 Å². The first-order chi connectivity index (χ1) is 8.18. The lowest BCUT2D eigenvalue weighted by Crippen LogP contribution is -2.15. The van der Waals surface area contributed by atoms with E-state index in [0.29, 0.717) is 5.56 Å². The molecule has 0 atom stereocenters. The molecule has 4 heteroatoms. The molecule has 0 radical (unpaired) electrons. The molecule has 2 aromatic rings. The fourth-order valence-electron chi connectivity index (χ4n) is 2.48. The number of fused-ring (bicyclic) bond motifs is 3. The smallest absolute Gasteiger partial charge is 0.339 e. The first-order valence-corrected chi connectivity index (χ1v) is 5.68. The van der Waals surface area contributed by atoms with E-state index in [2.05, 4.69) is 0 Å². The first kappa shape index (κ1) is 10.2. The van der Waals surface area contributed by atoms with Gasteiger partial charge in [0.2, 0.25) is 5.75 Å². The summed E-state index contributed by atoms with van der Waals surface area (Å²) in [5.74, 6) is -0.621. The summed E-state index contributed by atoms with van der Waals surface area (Å²) in [5, 5.41) is 19.8. The molecule has 1 aliphatic rings. The Labute approximate surface area is 97.1 Å². The molecule has 1 aliphatic carbocycles. The van der Waals surface area contributed by atoms with Crippen molar-refractivity contribution in [2.24, 2.45) is 0 Å². The molecule has 17 heavy (non-hydrogen) atoms. The van der Waals surface area contributed by atoms with Crippen LogP contribution >= 0.6 is 0 Å². The molecule has 0 aliphatic heterocycles. The van der Waals surface area contributed by atoms with Gasteiger partial charge in [-0.15, -0.1) is 0 Å². The summed E-state index contributed by atoms with van der Waals surface area (Å²) < 4.78 is 5.11. The van der Waals surface area contributed by atoms with Crippen LogP contribution in [0.4, 0.5) is 0 Å². The topological polar surface area (TPSA) is 70.7 Å². The van der Waals surface area contributed by atoms with Crippen LogP contribution in [0.5, 0.6) is 11.5 Å². The normalized spacial score (nSPS) is 14.8. The summed E-state index contributed by atoms with van der Waals surface area (Å²) in [5.41, 5.74) is 1.37. The van der Waals surface area contributed by atoms with E-state index in [0.717, 1.165) is 36.6 Å². The number of hydrogen-bond acceptors (Lipinski definition) is 4. The van der Waals surface area contributed by atoms with Gasteiger partial charge in [-0.1, -0.05) is 0 Å². The summed E-state index contributed by atoms with van der Waals surface area (Å²) in [6.45, 7) is 0. The highest BCUT2D eigenvalue weighted by atomic mass is 16.4. The van der Waals surface area contributed by atoms with Crippen molar-refractivity contribution in [3.8, 4) is 11.5 Å². The molecule has 2 N–H and O–H groups in total. The standard InChI is InChI=1S/C13H12O4/c14-10-6-5-8-7-3-1-2-4-9(7)13(16)17-12(8)11(10)15/h5-6,14-15H,1-4H2. The lowest BCUT2D eigenvalue weighted by atomic mass is 9.90. The maximum atomic E-state index is 11.8. The number of aromatic hydroxyl groups is 2. The highest BCUT2D eigenvalue weighted by molar-refractivity contribution is 5.88. The molecule has 4 nitrogen and oxygen atoms in total. The molecule has 0 fully saturated rings. The third-order valence-corrected chi connectivity index (χ3v) is 3.34. The zero-order valence-corrected chi connectivity index (χ0v) is 9.19. The maximum Gasteiger partial charge on any atom is 0.339 e. The van der Waals surface area contributed by atoms with E-state index >= 15 is 0 Å². The number of phenolic OH excluding ortho intramolecular Hbond substituents is 2. The van der Waals surface area contributed by atoms with E-state index < -0.39 is 5.63 Å². The van der Waals surface area contributed by atoms with Gasteiger partial charge < -0.3 is 14.6 Å². The number of rotatable bonds is 0. The summed E-state index contributed by atoms with van der Waals surface area (Å²) in [4.78, 5) is 11.8. The van der Waals surface area contributed by atoms with Gasteiger partial charge in [-0.05, 0) is 43.4 Å². The van der Waals surface area contributed by atoms with E-state index in [1.807, 2.05) is 0 Å². The van der Waals surface area contributed by atoms with E-state index in [-0.39, 0.29) is 17.1 Å². The van der Waals surface area contributed by atoms with Gasteiger partial charge in [-0.3, -0.25) is 0 Å². The predicted molar refractivity (Wildman–Crippen MR) is 62.5 cm³/mol. The van der Waals surface area contributed by atoms with Crippen molar-refractivity contribution in [3.63, 3.8) is 0 Å². The van der Waals surface area contributed by atoms with Gasteiger partial charge in [-0.2, -0.15) is 0 Å². The van der Waals surface area contributed by atoms with Crippen LogP contribution in [0.2, 0.25) is 0 Å². The average Bonchev–Trinajstić information content (AvgIpc) is 2.35. The van der Waals surface area contributed by atoms with Gasteiger partial charge in [0.1, 0.15) is 0 Å². The van der Waals surface area contributed by atoms with Gasteiger partial charge in [0.25, 0.3) is 0 Å². The van der Waals surface area contributed by atoms with E-state index in [1.165, 1.54) is 6.07 Å².